The number of amides is 1. The van der Waals surface area contributed by atoms with Crippen molar-refractivity contribution >= 4 is 5.91 Å². The Hall–Kier alpha value is -1.62. The van der Waals surface area contributed by atoms with Crippen molar-refractivity contribution in [3.63, 3.8) is 0 Å². The van der Waals surface area contributed by atoms with Crippen LogP contribution in [0.5, 0.6) is 0 Å². The van der Waals surface area contributed by atoms with Gasteiger partial charge in [-0.1, -0.05) is 0 Å². The van der Waals surface area contributed by atoms with E-state index in [0.29, 0.717) is 13.1 Å². The molecule has 0 aliphatic carbocycles. The highest BCUT2D eigenvalue weighted by atomic mass is 16.2. The molecule has 1 aromatic rings. The average molecular weight is 235 g/mol. The Morgan fingerprint density at radius 1 is 1.53 bits per heavy atom. The summed E-state index contributed by atoms with van der Waals surface area (Å²) in [5.74, 6) is -0.181. The van der Waals surface area contributed by atoms with Crippen LogP contribution in [0.1, 0.15) is 23.0 Å². The van der Waals surface area contributed by atoms with Crippen LogP contribution in [-0.2, 0) is 0 Å². The fourth-order valence-corrected chi connectivity index (χ4v) is 2.03. The Balaban J connectivity index is 2.22. The van der Waals surface area contributed by atoms with E-state index in [1.54, 1.807) is 11.8 Å². The van der Waals surface area contributed by atoms with Gasteiger partial charge < -0.3 is 15.2 Å². The molecule has 1 atom stereocenters. The highest BCUT2D eigenvalue weighted by molar-refractivity contribution is 5.93. The van der Waals surface area contributed by atoms with Crippen molar-refractivity contribution < 1.29 is 4.79 Å². The highest BCUT2D eigenvalue weighted by Crippen LogP contribution is 2.04. The van der Waals surface area contributed by atoms with E-state index in [1.165, 1.54) is 12.3 Å². The number of piperazine rings is 1. The van der Waals surface area contributed by atoms with E-state index < -0.39 is 0 Å². The number of rotatable bonds is 1. The molecule has 0 aromatic carbocycles. The minimum absolute atomic E-state index is 0.181. The van der Waals surface area contributed by atoms with Crippen molar-refractivity contribution in [1.82, 2.24) is 15.2 Å². The Labute approximate surface area is 99.8 Å². The lowest BCUT2D eigenvalue weighted by atomic mass is 10.1. The molecule has 0 bridgehead atoms. The van der Waals surface area contributed by atoms with Crippen molar-refractivity contribution in [3.8, 4) is 0 Å². The molecule has 5 heteroatoms. The molecule has 2 rings (SSSR count). The van der Waals surface area contributed by atoms with Crippen LogP contribution < -0.4 is 10.7 Å². The van der Waals surface area contributed by atoms with Gasteiger partial charge >= 0.3 is 0 Å². The molecule has 92 valence electrons. The van der Waals surface area contributed by atoms with E-state index in [0.717, 1.165) is 12.2 Å². The third-order valence-corrected chi connectivity index (χ3v) is 2.94. The number of H-pyrrole nitrogens is 1. The summed E-state index contributed by atoms with van der Waals surface area (Å²) in [5, 5.41) is 3.26. The SMILES string of the molecule is Cc1cc(=O)c(C(=O)N2CCN[C@@H](C)C2)c[nH]1. The fraction of sp³-hybridized carbons (Fsp3) is 0.500. The molecule has 1 saturated heterocycles. The predicted molar refractivity (Wildman–Crippen MR) is 65.2 cm³/mol. The summed E-state index contributed by atoms with van der Waals surface area (Å²) in [4.78, 5) is 28.5. The molecular formula is C12H17N3O2. The summed E-state index contributed by atoms with van der Waals surface area (Å²) in [6.07, 6.45) is 1.51. The summed E-state index contributed by atoms with van der Waals surface area (Å²) < 4.78 is 0. The third-order valence-electron chi connectivity index (χ3n) is 2.94. The number of carbonyl (C=O) groups excluding carboxylic acids is 1. The van der Waals surface area contributed by atoms with Crippen molar-refractivity contribution in [1.29, 1.82) is 0 Å². The van der Waals surface area contributed by atoms with Crippen LogP contribution in [0.4, 0.5) is 0 Å². The highest BCUT2D eigenvalue weighted by Gasteiger charge is 2.23. The van der Waals surface area contributed by atoms with Gasteiger partial charge in [0.2, 0.25) is 0 Å². The normalized spacial score (nSPS) is 20.4. The number of pyridine rings is 1. The van der Waals surface area contributed by atoms with Crippen LogP contribution in [0.15, 0.2) is 17.1 Å². The molecule has 1 aromatic heterocycles. The Morgan fingerprint density at radius 2 is 2.29 bits per heavy atom. The van der Waals surface area contributed by atoms with Crippen LogP contribution >= 0.6 is 0 Å². The third kappa shape index (κ3) is 2.55. The van der Waals surface area contributed by atoms with Crippen LogP contribution in [0, 0.1) is 6.92 Å². The average Bonchev–Trinajstić information content (AvgIpc) is 2.28. The number of carbonyl (C=O) groups is 1. The number of aromatic nitrogens is 1. The number of aryl methyl sites for hydroxylation is 1. The second kappa shape index (κ2) is 4.71. The zero-order valence-corrected chi connectivity index (χ0v) is 10.1. The van der Waals surface area contributed by atoms with E-state index in [9.17, 15) is 9.59 Å². The monoisotopic (exact) mass is 235 g/mol. The topological polar surface area (TPSA) is 65.2 Å². The molecule has 5 nitrogen and oxygen atoms in total. The molecule has 17 heavy (non-hydrogen) atoms. The standard InChI is InChI=1S/C12H17N3O2/c1-8-5-11(16)10(6-14-8)12(17)15-4-3-13-9(2)7-15/h5-6,9,13H,3-4,7H2,1-2H3,(H,14,16)/t9-/m0/s1. The summed E-state index contributed by atoms with van der Waals surface area (Å²) >= 11 is 0. The van der Waals surface area contributed by atoms with Gasteiger partial charge in [0, 0.05) is 43.6 Å². The van der Waals surface area contributed by atoms with Crippen LogP contribution in [-0.4, -0.2) is 41.5 Å². The number of nitrogens with one attached hydrogen (secondary N) is 2. The van der Waals surface area contributed by atoms with Gasteiger partial charge in [0.1, 0.15) is 5.56 Å². The molecular weight excluding hydrogens is 218 g/mol. The van der Waals surface area contributed by atoms with Gasteiger partial charge in [-0.15, -0.1) is 0 Å². The van der Waals surface area contributed by atoms with Crippen molar-refractivity contribution in [2.75, 3.05) is 19.6 Å². The van der Waals surface area contributed by atoms with Gasteiger partial charge in [-0.05, 0) is 13.8 Å². The molecule has 2 heterocycles. The van der Waals surface area contributed by atoms with Gasteiger partial charge in [0.05, 0.1) is 0 Å². The Morgan fingerprint density at radius 3 is 2.94 bits per heavy atom. The van der Waals surface area contributed by atoms with Gasteiger partial charge in [-0.25, -0.2) is 0 Å². The molecule has 1 aliphatic rings. The first-order valence-electron chi connectivity index (χ1n) is 5.80. The van der Waals surface area contributed by atoms with Crippen molar-refractivity contribution in [2.24, 2.45) is 0 Å². The first-order valence-corrected chi connectivity index (χ1v) is 5.80. The quantitative estimate of drug-likeness (QED) is 0.726. The maximum Gasteiger partial charge on any atom is 0.259 e. The minimum atomic E-state index is -0.211. The van der Waals surface area contributed by atoms with Gasteiger partial charge in [0.15, 0.2) is 5.43 Å². The van der Waals surface area contributed by atoms with Crippen LogP contribution in [0.25, 0.3) is 0 Å². The molecule has 0 radical (unpaired) electrons. The zero-order chi connectivity index (χ0) is 12.4. The molecule has 0 spiro atoms. The zero-order valence-electron chi connectivity index (χ0n) is 10.1. The van der Waals surface area contributed by atoms with Crippen molar-refractivity contribution in [3.05, 3.63) is 33.7 Å². The van der Waals surface area contributed by atoms with E-state index in [1.807, 2.05) is 6.92 Å². The molecule has 1 amide bonds. The largest absolute Gasteiger partial charge is 0.364 e. The lowest BCUT2D eigenvalue weighted by Crippen LogP contribution is -2.52. The maximum atomic E-state index is 12.2. The number of hydrogen-bond donors (Lipinski definition) is 2. The summed E-state index contributed by atoms with van der Waals surface area (Å²) in [5.41, 5.74) is 0.780. The van der Waals surface area contributed by atoms with Crippen LogP contribution in [0.2, 0.25) is 0 Å². The first kappa shape index (κ1) is 11.9. The van der Waals surface area contributed by atoms with Crippen LogP contribution in [0.3, 0.4) is 0 Å². The first-order chi connectivity index (χ1) is 8.08. The van der Waals surface area contributed by atoms with Gasteiger partial charge in [-0.2, -0.15) is 0 Å². The summed E-state index contributed by atoms with van der Waals surface area (Å²) in [6, 6.07) is 1.73. The smallest absolute Gasteiger partial charge is 0.259 e. The van der Waals surface area contributed by atoms with Gasteiger partial charge in [0.25, 0.3) is 5.91 Å². The number of hydrogen-bond acceptors (Lipinski definition) is 3. The maximum absolute atomic E-state index is 12.2. The second-order valence-electron chi connectivity index (χ2n) is 4.50. The molecule has 2 N–H and O–H groups in total. The van der Waals surface area contributed by atoms with Gasteiger partial charge in [-0.3, -0.25) is 9.59 Å². The summed E-state index contributed by atoms with van der Waals surface area (Å²) in [6.45, 7) is 5.89. The van der Waals surface area contributed by atoms with E-state index in [-0.39, 0.29) is 22.9 Å². The fourth-order valence-electron chi connectivity index (χ4n) is 2.03. The van der Waals surface area contributed by atoms with E-state index in [4.69, 9.17) is 0 Å². The minimum Gasteiger partial charge on any atom is -0.364 e. The molecule has 0 saturated carbocycles. The number of aromatic amines is 1. The lowest BCUT2D eigenvalue weighted by Gasteiger charge is -2.31. The lowest BCUT2D eigenvalue weighted by molar-refractivity contribution is 0.0707. The predicted octanol–water partition coefficient (Wildman–Crippen LogP) is 0.117. The molecule has 1 fully saturated rings. The second-order valence-corrected chi connectivity index (χ2v) is 4.50. The molecule has 1 aliphatic heterocycles. The Kier molecular flexibility index (Phi) is 3.28. The molecule has 0 unspecified atom stereocenters. The summed E-state index contributed by atoms with van der Waals surface area (Å²) in [7, 11) is 0. The van der Waals surface area contributed by atoms with E-state index in [2.05, 4.69) is 10.3 Å². The number of nitrogens with zero attached hydrogens (tertiary/aromatic N) is 1. The van der Waals surface area contributed by atoms with E-state index >= 15 is 0 Å². The Bertz CT molecular complexity index is 481. The van der Waals surface area contributed by atoms with Crippen molar-refractivity contribution in [2.45, 2.75) is 19.9 Å².